The monoisotopic (exact) mass is 462 g/mol. The zero-order valence-corrected chi connectivity index (χ0v) is 19.7. The van der Waals surface area contributed by atoms with Gasteiger partial charge in [0.05, 0.1) is 10.6 Å². The molecule has 2 saturated heterocycles. The van der Waals surface area contributed by atoms with Crippen molar-refractivity contribution in [1.82, 2.24) is 10.2 Å². The number of amides is 1. The van der Waals surface area contributed by atoms with E-state index < -0.39 is 11.8 Å². The smallest absolute Gasteiger partial charge is 0.336 e. The number of nitrogens with zero attached hydrogens (tertiary/aromatic N) is 1. The van der Waals surface area contributed by atoms with E-state index in [0.717, 1.165) is 51.7 Å². The molecular weight excluding hydrogens is 432 g/mol. The Labute approximate surface area is 193 Å². The lowest BCUT2D eigenvalue weighted by molar-refractivity contribution is -0.124. The number of rotatable bonds is 3. The zero-order chi connectivity index (χ0) is 22.8. The van der Waals surface area contributed by atoms with Gasteiger partial charge < -0.3 is 19.9 Å². The number of nitrogens with one attached hydrogen (secondary N) is 1. The van der Waals surface area contributed by atoms with Gasteiger partial charge in [-0.15, -0.1) is 0 Å². The number of halogens is 1. The fraction of sp³-hybridized carbons (Fsp3) is 0.667. The first-order valence-electron chi connectivity index (χ1n) is 11.6. The van der Waals surface area contributed by atoms with Crippen molar-refractivity contribution in [3.8, 4) is 11.5 Å². The topological polar surface area (TPSA) is 88.1 Å². The molecule has 3 aliphatic heterocycles. The van der Waals surface area contributed by atoms with Gasteiger partial charge in [0.25, 0.3) is 5.79 Å². The molecular formula is C24H31ClN2O5. The van der Waals surface area contributed by atoms with Crippen molar-refractivity contribution in [2.45, 2.75) is 71.1 Å². The van der Waals surface area contributed by atoms with Crippen LogP contribution in [-0.4, -0.2) is 53.3 Å². The Bertz CT molecular complexity index is 989. The van der Waals surface area contributed by atoms with Gasteiger partial charge in [0.15, 0.2) is 11.5 Å². The van der Waals surface area contributed by atoms with Crippen LogP contribution in [0, 0.1) is 25.2 Å². The molecule has 8 heteroatoms. The fourth-order valence-corrected chi connectivity index (χ4v) is 6.58. The summed E-state index contributed by atoms with van der Waals surface area (Å²) in [7, 11) is 0. The lowest BCUT2D eigenvalue weighted by atomic mass is 9.80. The van der Waals surface area contributed by atoms with E-state index in [0.29, 0.717) is 40.1 Å². The molecule has 0 aromatic heterocycles. The molecule has 7 nitrogen and oxygen atoms in total. The molecule has 2 unspecified atom stereocenters. The summed E-state index contributed by atoms with van der Waals surface area (Å²) in [6.45, 7) is 8.29. The number of carboxylic acid groups (broad SMARTS) is 1. The highest BCUT2D eigenvalue weighted by Gasteiger charge is 2.50. The van der Waals surface area contributed by atoms with Gasteiger partial charge in [-0.2, -0.15) is 0 Å². The van der Waals surface area contributed by atoms with Crippen LogP contribution in [0.4, 0.5) is 0 Å². The number of hydrogen-bond acceptors (Lipinski definition) is 5. The van der Waals surface area contributed by atoms with Gasteiger partial charge in [0.1, 0.15) is 0 Å². The number of hydrogen-bond donors (Lipinski definition) is 2. The molecule has 1 spiro atoms. The molecule has 32 heavy (non-hydrogen) atoms. The maximum atomic E-state index is 11.7. The number of likely N-dealkylation sites (tertiary alicyclic amines) is 1. The zero-order valence-electron chi connectivity index (χ0n) is 18.9. The van der Waals surface area contributed by atoms with Gasteiger partial charge in [0, 0.05) is 49.4 Å². The summed E-state index contributed by atoms with van der Waals surface area (Å²) in [5, 5.41) is 13.0. The molecule has 1 aromatic carbocycles. The van der Waals surface area contributed by atoms with Crippen molar-refractivity contribution >= 4 is 23.5 Å². The van der Waals surface area contributed by atoms with E-state index >= 15 is 0 Å². The third-order valence-electron chi connectivity index (χ3n) is 8.27. The number of fused-ring (bicyclic) bond motifs is 1. The van der Waals surface area contributed by atoms with Gasteiger partial charge in [0.2, 0.25) is 5.91 Å². The first-order valence-corrected chi connectivity index (χ1v) is 11.9. The summed E-state index contributed by atoms with van der Waals surface area (Å²) in [6, 6.07) is 0.528. The maximum absolute atomic E-state index is 11.7. The third kappa shape index (κ3) is 3.36. The molecule has 1 aliphatic carbocycles. The summed E-state index contributed by atoms with van der Waals surface area (Å²) < 4.78 is 12.6. The van der Waals surface area contributed by atoms with Gasteiger partial charge in [-0.3, -0.25) is 9.69 Å². The Morgan fingerprint density at radius 1 is 1.16 bits per heavy atom. The van der Waals surface area contributed by atoms with Crippen LogP contribution in [0.1, 0.15) is 66.9 Å². The standard InChI is InChI=1S/C24H31ClN2O5/c1-13-18(22(29)30)14(2)20-21(19(13)25)32-23(3,31-20)15-4-6-16(7-5-15)27-9-8-24(12-27)10-17(28)26-11-24/h15-16H,4-12H2,1-3H3,(H,26,28)(H,29,30). The van der Waals surface area contributed by atoms with Crippen molar-refractivity contribution in [3.05, 3.63) is 21.7 Å². The minimum absolute atomic E-state index is 0.132. The SMILES string of the molecule is Cc1c(Cl)c2c(c(C)c1C(=O)O)OC(C)(C1CCC(N3CCC4(CNC(=O)C4)C3)CC1)O2. The summed E-state index contributed by atoms with van der Waals surface area (Å²) in [4.78, 5) is 26.1. The van der Waals surface area contributed by atoms with Crippen LogP contribution in [0.3, 0.4) is 0 Å². The molecule has 4 aliphatic rings. The van der Waals surface area contributed by atoms with Crippen molar-refractivity contribution in [1.29, 1.82) is 0 Å². The van der Waals surface area contributed by atoms with Gasteiger partial charge in [-0.1, -0.05) is 11.6 Å². The predicted molar refractivity (Wildman–Crippen MR) is 120 cm³/mol. The molecule has 3 heterocycles. The lowest BCUT2D eigenvalue weighted by Gasteiger charge is -2.40. The third-order valence-corrected chi connectivity index (χ3v) is 8.72. The Morgan fingerprint density at radius 2 is 1.84 bits per heavy atom. The number of benzene rings is 1. The van der Waals surface area contributed by atoms with Crippen LogP contribution in [0.2, 0.25) is 5.02 Å². The van der Waals surface area contributed by atoms with Crippen molar-refractivity contribution in [2.75, 3.05) is 19.6 Å². The molecule has 5 rings (SSSR count). The van der Waals surface area contributed by atoms with Crippen molar-refractivity contribution in [2.24, 2.45) is 11.3 Å². The number of carboxylic acids is 1. The average Bonchev–Trinajstić information content (AvgIpc) is 3.44. The molecule has 0 bridgehead atoms. The van der Waals surface area contributed by atoms with E-state index in [1.165, 1.54) is 0 Å². The molecule has 1 saturated carbocycles. The van der Waals surface area contributed by atoms with Crippen LogP contribution in [0.5, 0.6) is 11.5 Å². The Balaban J connectivity index is 1.27. The van der Waals surface area contributed by atoms with Gasteiger partial charge in [-0.25, -0.2) is 4.79 Å². The lowest BCUT2D eigenvalue weighted by Crippen LogP contribution is -2.47. The number of ether oxygens (including phenoxy) is 2. The van der Waals surface area contributed by atoms with Crippen molar-refractivity contribution < 1.29 is 24.2 Å². The van der Waals surface area contributed by atoms with E-state index in [9.17, 15) is 14.7 Å². The van der Waals surface area contributed by atoms with Crippen LogP contribution in [0.15, 0.2) is 0 Å². The molecule has 174 valence electrons. The van der Waals surface area contributed by atoms with E-state index in [2.05, 4.69) is 10.2 Å². The molecule has 1 aromatic rings. The second-order valence-electron chi connectivity index (χ2n) is 10.3. The second kappa shape index (κ2) is 7.52. The average molecular weight is 463 g/mol. The van der Waals surface area contributed by atoms with Crippen molar-refractivity contribution in [3.63, 3.8) is 0 Å². The first-order chi connectivity index (χ1) is 15.1. The van der Waals surface area contributed by atoms with Crippen LogP contribution < -0.4 is 14.8 Å². The summed E-state index contributed by atoms with van der Waals surface area (Å²) in [5.74, 6) is -0.543. The molecule has 1 amide bonds. The van der Waals surface area contributed by atoms with E-state index in [1.807, 2.05) is 6.92 Å². The largest absolute Gasteiger partial charge is 0.478 e. The fourth-order valence-electron chi connectivity index (χ4n) is 6.36. The Kier molecular flexibility index (Phi) is 5.13. The van der Waals surface area contributed by atoms with Gasteiger partial charge >= 0.3 is 5.97 Å². The summed E-state index contributed by atoms with van der Waals surface area (Å²) >= 11 is 6.50. The molecule has 0 radical (unpaired) electrons. The number of carbonyl (C=O) groups excluding carboxylic acids is 1. The quantitative estimate of drug-likeness (QED) is 0.708. The Morgan fingerprint density at radius 3 is 2.47 bits per heavy atom. The molecule has 2 N–H and O–H groups in total. The van der Waals surface area contributed by atoms with E-state index in [1.54, 1.807) is 13.8 Å². The first kappa shape index (κ1) is 21.8. The molecule has 3 fully saturated rings. The Hall–Kier alpha value is -1.99. The van der Waals surface area contributed by atoms with E-state index in [4.69, 9.17) is 21.1 Å². The maximum Gasteiger partial charge on any atom is 0.336 e. The molecule has 2 atom stereocenters. The van der Waals surface area contributed by atoms with Crippen LogP contribution in [0.25, 0.3) is 0 Å². The minimum atomic E-state index is -1.01. The highest BCUT2D eigenvalue weighted by Crippen LogP contribution is 2.53. The highest BCUT2D eigenvalue weighted by molar-refractivity contribution is 6.33. The van der Waals surface area contributed by atoms with Gasteiger partial charge in [-0.05, 0) is 58.1 Å². The summed E-state index contributed by atoms with van der Waals surface area (Å²) in [5.41, 5.74) is 1.39. The minimum Gasteiger partial charge on any atom is -0.478 e. The van der Waals surface area contributed by atoms with E-state index in [-0.39, 0.29) is 22.8 Å². The van der Waals surface area contributed by atoms with Crippen LogP contribution in [-0.2, 0) is 4.79 Å². The van der Waals surface area contributed by atoms with Crippen LogP contribution >= 0.6 is 11.6 Å². The number of aromatic carboxylic acids is 1. The highest BCUT2D eigenvalue weighted by atomic mass is 35.5. The number of carbonyl (C=O) groups is 2. The normalized spacial score (nSPS) is 34.3. The second-order valence-corrected chi connectivity index (χ2v) is 10.7. The predicted octanol–water partition coefficient (Wildman–Crippen LogP) is 3.91. The summed E-state index contributed by atoms with van der Waals surface area (Å²) in [6.07, 6.45) is 5.82.